The Morgan fingerprint density at radius 1 is 1.07 bits per heavy atom. The van der Waals surface area contributed by atoms with Crippen LogP contribution < -0.4 is 10.1 Å². The van der Waals surface area contributed by atoms with Crippen LogP contribution in [0.25, 0.3) is 6.08 Å². The molecule has 0 radical (unpaired) electrons. The number of nitriles is 1. The molecule has 0 saturated heterocycles. The van der Waals surface area contributed by atoms with Crippen LogP contribution in [0.4, 0.5) is 5.69 Å². The summed E-state index contributed by atoms with van der Waals surface area (Å²) in [6.45, 7) is 0.337. The standard InChI is InChI=1S/C23H15BrCl2N2O2/c24-19-7-3-1-6-16(19)14-30-22-8-4-2-5-15(22)11-17(13-27)23(29)28-18-9-10-20(25)21(26)12-18/h1-12H,14H2,(H,28,29)/b17-11+. The molecular weight excluding hydrogens is 487 g/mol. The summed E-state index contributed by atoms with van der Waals surface area (Å²) >= 11 is 15.4. The number of rotatable bonds is 6. The molecule has 0 spiro atoms. The van der Waals surface area contributed by atoms with E-state index in [1.54, 1.807) is 24.3 Å². The fourth-order valence-electron chi connectivity index (χ4n) is 2.58. The molecule has 0 unspecified atom stereocenters. The molecule has 0 bridgehead atoms. The zero-order chi connectivity index (χ0) is 21.5. The van der Waals surface area contributed by atoms with Crippen molar-refractivity contribution >= 4 is 56.8 Å². The van der Waals surface area contributed by atoms with Crippen LogP contribution in [0.15, 0.2) is 76.8 Å². The topological polar surface area (TPSA) is 62.1 Å². The largest absolute Gasteiger partial charge is 0.488 e. The third-order valence-corrected chi connectivity index (χ3v) is 5.62. The first kappa shape index (κ1) is 21.9. The Labute approximate surface area is 192 Å². The number of carbonyl (C=O) groups excluding carboxylic acids is 1. The lowest BCUT2D eigenvalue weighted by atomic mass is 10.1. The van der Waals surface area contributed by atoms with Crippen LogP contribution in [-0.4, -0.2) is 5.91 Å². The molecule has 30 heavy (non-hydrogen) atoms. The van der Waals surface area contributed by atoms with Gasteiger partial charge in [-0.05, 0) is 36.4 Å². The van der Waals surface area contributed by atoms with Crippen molar-refractivity contribution in [3.63, 3.8) is 0 Å². The zero-order valence-electron chi connectivity index (χ0n) is 15.5. The molecule has 0 atom stereocenters. The van der Waals surface area contributed by atoms with Gasteiger partial charge >= 0.3 is 0 Å². The minimum absolute atomic E-state index is 0.0713. The Hall–Kier alpha value is -2.78. The monoisotopic (exact) mass is 500 g/mol. The van der Waals surface area contributed by atoms with Gasteiger partial charge in [-0.1, -0.05) is 75.5 Å². The van der Waals surface area contributed by atoms with E-state index in [9.17, 15) is 10.1 Å². The fourth-order valence-corrected chi connectivity index (χ4v) is 3.28. The molecule has 0 aromatic heterocycles. The predicted octanol–water partition coefficient (Wildman–Crippen LogP) is 6.88. The van der Waals surface area contributed by atoms with Gasteiger partial charge in [-0.3, -0.25) is 4.79 Å². The number of anilines is 1. The van der Waals surface area contributed by atoms with E-state index >= 15 is 0 Å². The molecule has 0 saturated carbocycles. The third-order valence-electron chi connectivity index (χ3n) is 4.10. The van der Waals surface area contributed by atoms with Crippen LogP contribution in [0.3, 0.4) is 0 Å². The summed E-state index contributed by atoms with van der Waals surface area (Å²) in [5, 5.41) is 12.8. The van der Waals surface area contributed by atoms with Gasteiger partial charge in [0.05, 0.1) is 10.0 Å². The predicted molar refractivity (Wildman–Crippen MR) is 124 cm³/mol. The molecule has 3 aromatic rings. The number of hydrogen-bond donors (Lipinski definition) is 1. The molecular formula is C23H15BrCl2N2O2. The molecule has 7 heteroatoms. The van der Waals surface area contributed by atoms with Crippen molar-refractivity contribution in [2.45, 2.75) is 6.61 Å². The lowest BCUT2D eigenvalue weighted by molar-refractivity contribution is -0.112. The first-order chi connectivity index (χ1) is 14.5. The van der Waals surface area contributed by atoms with Crippen LogP contribution in [0.5, 0.6) is 5.75 Å². The molecule has 3 aromatic carbocycles. The van der Waals surface area contributed by atoms with E-state index in [4.69, 9.17) is 27.9 Å². The molecule has 0 aliphatic carbocycles. The second-order valence-electron chi connectivity index (χ2n) is 6.17. The third kappa shape index (κ3) is 5.64. The Balaban J connectivity index is 1.80. The van der Waals surface area contributed by atoms with E-state index in [1.807, 2.05) is 42.5 Å². The molecule has 0 aliphatic rings. The maximum Gasteiger partial charge on any atom is 0.266 e. The highest BCUT2D eigenvalue weighted by molar-refractivity contribution is 9.10. The van der Waals surface area contributed by atoms with Crippen molar-refractivity contribution in [3.05, 3.63) is 97.9 Å². The average Bonchev–Trinajstić information content (AvgIpc) is 2.74. The highest BCUT2D eigenvalue weighted by Gasteiger charge is 2.12. The summed E-state index contributed by atoms with van der Waals surface area (Å²) in [5.74, 6) is -0.000151. The number of benzene rings is 3. The number of nitrogens with one attached hydrogen (secondary N) is 1. The Morgan fingerprint density at radius 3 is 2.53 bits per heavy atom. The molecule has 1 N–H and O–H groups in total. The molecule has 0 aliphatic heterocycles. The second kappa shape index (κ2) is 10.3. The summed E-state index contributed by atoms with van der Waals surface area (Å²) in [7, 11) is 0. The summed E-state index contributed by atoms with van der Waals surface area (Å²) in [6.07, 6.45) is 1.49. The SMILES string of the molecule is N#C/C(=C\c1ccccc1OCc1ccccc1Br)C(=O)Nc1ccc(Cl)c(Cl)c1. The Morgan fingerprint density at radius 2 is 1.80 bits per heavy atom. The fraction of sp³-hybridized carbons (Fsp3) is 0.0435. The van der Waals surface area contributed by atoms with Crippen LogP contribution in [0.2, 0.25) is 10.0 Å². The highest BCUT2D eigenvalue weighted by Crippen LogP contribution is 2.26. The van der Waals surface area contributed by atoms with Crippen molar-refractivity contribution in [2.24, 2.45) is 0 Å². The van der Waals surface area contributed by atoms with Gasteiger partial charge in [-0.2, -0.15) is 5.26 Å². The van der Waals surface area contributed by atoms with Gasteiger partial charge in [0.1, 0.15) is 24.0 Å². The van der Waals surface area contributed by atoms with Crippen molar-refractivity contribution in [2.75, 3.05) is 5.32 Å². The van der Waals surface area contributed by atoms with Crippen LogP contribution >= 0.6 is 39.1 Å². The van der Waals surface area contributed by atoms with E-state index in [-0.39, 0.29) is 5.57 Å². The summed E-state index contributed by atoms with van der Waals surface area (Å²) < 4.78 is 6.87. The van der Waals surface area contributed by atoms with Gasteiger partial charge in [0.25, 0.3) is 5.91 Å². The number of amides is 1. The normalized spacial score (nSPS) is 10.9. The first-order valence-electron chi connectivity index (χ1n) is 8.81. The molecule has 1 amide bonds. The summed E-state index contributed by atoms with van der Waals surface area (Å²) in [5.41, 5.74) is 1.96. The van der Waals surface area contributed by atoms with Gasteiger partial charge in [-0.25, -0.2) is 0 Å². The maximum atomic E-state index is 12.6. The maximum absolute atomic E-state index is 12.6. The number of hydrogen-bond acceptors (Lipinski definition) is 3. The molecule has 0 heterocycles. The van der Waals surface area contributed by atoms with Crippen LogP contribution in [-0.2, 0) is 11.4 Å². The summed E-state index contributed by atoms with van der Waals surface area (Å²) in [6, 6.07) is 21.6. The quantitative estimate of drug-likeness (QED) is 0.295. The lowest BCUT2D eigenvalue weighted by Crippen LogP contribution is -2.13. The van der Waals surface area contributed by atoms with E-state index in [2.05, 4.69) is 21.2 Å². The molecule has 0 fully saturated rings. The van der Waals surface area contributed by atoms with Gasteiger partial charge in [-0.15, -0.1) is 0 Å². The highest BCUT2D eigenvalue weighted by atomic mass is 79.9. The smallest absolute Gasteiger partial charge is 0.266 e. The van der Waals surface area contributed by atoms with Crippen molar-refractivity contribution in [3.8, 4) is 11.8 Å². The number of nitrogens with zero attached hydrogens (tertiary/aromatic N) is 1. The Bertz CT molecular complexity index is 1160. The number of para-hydroxylation sites is 1. The first-order valence-corrected chi connectivity index (χ1v) is 10.4. The van der Waals surface area contributed by atoms with Crippen LogP contribution in [0, 0.1) is 11.3 Å². The van der Waals surface area contributed by atoms with Crippen LogP contribution in [0.1, 0.15) is 11.1 Å². The minimum Gasteiger partial charge on any atom is -0.488 e. The van der Waals surface area contributed by atoms with Gasteiger partial charge in [0.2, 0.25) is 0 Å². The molecule has 3 rings (SSSR count). The van der Waals surface area contributed by atoms with Crippen molar-refractivity contribution < 1.29 is 9.53 Å². The Kier molecular flexibility index (Phi) is 7.53. The zero-order valence-corrected chi connectivity index (χ0v) is 18.6. The van der Waals surface area contributed by atoms with Gasteiger partial charge < -0.3 is 10.1 Å². The molecule has 4 nitrogen and oxygen atoms in total. The average molecular weight is 502 g/mol. The molecule has 150 valence electrons. The van der Waals surface area contributed by atoms with Crippen molar-refractivity contribution in [1.82, 2.24) is 0 Å². The number of halogens is 3. The van der Waals surface area contributed by atoms with E-state index in [0.717, 1.165) is 10.0 Å². The minimum atomic E-state index is -0.559. The van der Waals surface area contributed by atoms with Gasteiger partial charge in [0, 0.05) is 21.3 Å². The number of ether oxygens (including phenoxy) is 1. The van der Waals surface area contributed by atoms with E-state index < -0.39 is 5.91 Å². The summed E-state index contributed by atoms with van der Waals surface area (Å²) in [4.78, 5) is 12.6. The second-order valence-corrected chi connectivity index (χ2v) is 7.84. The lowest BCUT2D eigenvalue weighted by Gasteiger charge is -2.11. The van der Waals surface area contributed by atoms with Crippen molar-refractivity contribution in [1.29, 1.82) is 5.26 Å². The van der Waals surface area contributed by atoms with E-state index in [1.165, 1.54) is 12.1 Å². The van der Waals surface area contributed by atoms with E-state index in [0.29, 0.717) is 33.7 Å². The number of carbonyl (C=O) groups is 1. The van der Waals surface area contributed by atoms with Gasteiger partial charge in [0.15, 0.2) is 0 Å².